The van der Waals surface area contributed by atoms with Crippen molar-refractivity contribution in [2.75, 3.05) is 19.0 Å². The number of aryl methyl sites for hydroxylation is 1. The van der Waals surface area contributed by atoms with E-state index >= 15 is 0 Å². The molecule has 1 heterocycles. The number of nitrogens with zero attached hydrogens (tertiary/aromatic N) is 2. The van der Waals surface area contributed by atoms with Crippen LogP contribution < -0.4 is 20.1 Å². The van der Waals surface area contributed by atoms with E-state index in [1.54, 1.807) is 25.3 Å². The molecule has 0 spiro atoms. The fourth-order valence-corrected chi connectivity index (χ4v) is 3.24. The van der Waals surface area contributed by atoms with E-state index in [1.807, 2.05) is 38.1 Å². The van der Waals surface area contributed by atoms with E-state index in [-0.39, 0.29) is 16.6 Å². The highest BCUT2D eigenvalue weighted by atomic mass is 32.1. The number of hydrogen-bond donors (Lipinski definition) is 2. The van der Waals surface area contributed by atoms with Crippen LogP contribution in [-0.2, 0) is 6.54 Å². The van der Waals surface area contributed by atoms with Crippen LogP contribution in [0.4, 0.5) is 5.69 Å². The number of carbonyl (C=O) groups is 2. The Morgan fingerprint density at radius 3 is 2.37 bits per heavy atom. The Morgan fingerprint density at radius 1 is 1.00 bits per heavy atom. The minimum atomic E-state index is -0.410. The topological polar surface area (TPSA) is 102 Å². The highest BCUT2D eigenvalue weighted by Gasteiger charge is 2.18. The van der Waals surface area contributed by atoms with Gasteiger partial charge in [0.25, 0.3) is 11.8 Å². The lowest BCUT2D eigenvalue weighted by Gasteiger charge is -2.11. The summed E-state index contributed by atoms with van der Waals surface area (Å²) >= 11 is 0.933. The van der Waals surface area contributed by atoms with Gasteiger partial charge in [-0.1, -0.05) is 35.1 Å². The zero-order chi connectivity index (χ0) is 21.5. The molecule has 8 nitrogen and oxygen atoms in total. The number of benzene rings is 2. The molecule has 0 fully saturated rings. The van der Waals surface area contributed by atoms with Crippen molar-refractivity contribution in [3.8, 4) is 11.5 Å². The number of methoxy groups -OCH3 is 1. The first-order chi connectivity index (χ1) is 14.5. The lowest BCUT2D eigenvalue weighted by molar-refractivity contribution is 0.0948. The minimum absolute atomic E-state index is 0.114. The largest absolute Gasteiger partial charge is 0.493 e. The van der Waals surface area contributed by atoms with Crippen LogP contribution in [0.1, 0.15) is 37.7 Å². The first-order valence-electron chi connectivity index (χ1n) is 9.29. The molecule has 0 aliphatic heterocycles. The van der Waals surface area contributed by atoms with Gasteiger partial charge in [-0.3, -0.25) is 9.59 Å². The lowest BCUT2D eigenvalue weighted by Crippen LogP contribution is -2.22. The molecular weight excluding hydrogens is 404 g/mol. The Hall–Kier alpha value is -3.46. The van der Waals surface area contributed by atoms with Crippen molar-refractivity contribution in [1.82, 2.24) is 15.5 Å². The predicted molar refractivity (Wildman–Crippen MR) is 114 cm³/mol. The molecule has 156 valence electrons. The van der Waals surface area contributed by atoms with Gasteiger partial charge < -0.3 is 20.1 Å². The molecule has 3 aromatic rings. The van der Waals surface area contributed by atoms with Crippen LogP contribution in [0.15, 0.2) is 42.5 Å². The number of anilines is 1. The molecule has 2 aromatic carbocycles. The van der Waals surface area contributed by atoms with Gasteiger partial charge in [-0.2, -0.15) is 0 Å². The third-order valence-electron chi connectivity index (χ3n) is 4.10. The van der Waals surface area contributed by atoms with Crippen molar-refractivity contribution in [3.05, 3.63) is 63.6 Å². The Bertz CT molecular complexity index is 1030. The van der Waals surface area contributed by atoms with Gasteiger partial charge in [-0.25, -0.2) is 0 Å². The van der Waals surface area contributed by atoms with Gasteiger partial charge in [-0.15, -0.1) is 10.2 Å². The van der Waals surface area contributed by atoms with Gasteiger partial charge >= 0.3 is 0 Å². The van der Waals surface area contributed by atoms with E-state index in [4.69, 9.17) is 9.47 Å². The molecule has 1 aromatic heterocycles. The quantitative estimate of drug-likeness (QED) is 0.572. The molecule has 30 heavy (non-hydrogen) atoms. The number of ether oxygens (including phenoxy) is 2. The third-order valence-corrected chi connectivity index (χ3v) is 5.02. The predicted octanol–water partition coefficient (Wildman–Crippen LogP) is 3.44. The highest BCUT2D eigenvalue weighted by molar-refractivity contribution is 7.15. The Labute approximate surface area is 178 Å². The molecule has 0 saturated heterocycles. The fraction of sp³-hybridized carbons (Fsp3) is 0.238. The van der Waals surface area contributed by atoms with E-state index in [0.717, 1.165) is 22.5 Å². The molecule has 0 aliphatic rings. The van der Waals surface area contributed by atoms with Gasteiger partial charge in [0, 0.05) is 12.2 Å². The van der Waals surface area contributed by atoms with E-state index in [9.17, 15) is 9.59 Å². The van der Waals surface area contributed by atoms with E-state index < -0.39 is 11.8 Å². The van der Waals surface area contributed by atoms with Crippen molar-refractivity contribution in [2.45, 2.75) is 20.4 Å². The second-order valence-corrected chi connectivity index (χ2v) is 7.31. The number of aromatic nitrogens is 2. The Balaban J connectivity index is 1.60. The highest BCUT2D eigenvalue weighted by Crippen LogP contribution is 2.28. The maximum Gasteiger partial charge on any atom is 0.286 e. The minimum Gasteiger partial charge on any atom is -0.493 e. The number of carbonyl (C=O) groups excluding carboxylic acids is 2. The Kier molecular flexibility index (Phi) is 6.97. The van der Waals surface area contributed by atoms with Crippen LogP contribution in [0.25, 0.3) is 0 Å². The summed E-state index contributed by atoms with van der Waals surface area (Å²) in [6, 6.07) is 12.8. The van der Waals surface area contributed by atoms with Crippen molar-refractivity contribution >= 4 is 28.8 Å². The van der Waals surface area contributed by atoms with Crippen LogP contribution >= 0.6 is 11.3 Å². The smallest absolute Gasteiger partial charge is 0.286 e. The number of nitrogens with one attached hydrogen (secondary N) is 2. The van der Waals surface area contributed by atoms with E-state index in [2.05, 4.69) is 20.8 Å². The molecule has 3 rings (SSSR count). The summed E-state index contributed by atoms with van der Waals surface area (Å²) in [5.74, 6) is 0.417. The summed E-state index contributed by atoms with van der Waals surface area (Å²) in [6.07, 6.45) is 0. The van der Waals surface area contributed by atoms with E-state index in [0.29, 0.717) is 23.8 Å². The summed E-state index contributed by atoms with van der Waals surface area (Å²) in [4.78, 5) is 24.7. The zero-order valence-corrected chi connectivity index (χ0v) is 17.7. The first kappa shape index (κ1) is 21.3. The number of amides is 2. The van der Waals surface area contributed by atoms with E-state index in [1.165, 1.54) is 0 Å². The van der Waals surface area contributed by atoms with Crippen molar-refractivity contribution in [2.24, 2.45) is 0 Å². The van der Waals surface area contributed by atoms with Crippen LogP contribution in [0.5, 0.6) is 11.5 Å². The molecule has 0 saturated carbocycles. The normalized spacial score (nSPS) is 10.4. The monoisotopic (exact) mass is 426 g/mol. The van der Waals surface area contributed by atoms with Crippen LogP contribution in [0, 0.1) is 6.92 Å². The summed E-state index contributed by atoms with van der Waals surface area (Å²) in [6.45, 7) is 4.62. The van der Waals surface area contributed by atoms with Gasteiger partial charge in [-0.05, 0) is 43.7 Å². The second kappa shape index (κ2) is 9.84. The standard InChI is InChI=1S/C21H22N4O4S/c1-4-29-17-11-14(7-10-16(17)28-3)12-22-18(26)20-24-25-21(30-20)19(27)23-15-8-5-13(2)6-9-15/h5-11H,4,12H2,1-3H3,(H,22,26)(H,23,27). The first-order valence-corrected chi connectivity index (χ1v) is 10.1. The maximum atomic E-state index is 12.4. The molecular formula is C21H22N4O4S. The molecule has 9 heteroatoms. The van der Waals surface area contributed by atoms with Crippen molar-refractivity contribution < 1.29 is 19.1 Å². The van der Waals surface area contributed by atoms with Crippen LogP contribution in [0.3, 0.4) is 0 Å². The molecule has 2 N–H and O–H groups in total. The van der Waals surface area contributed by atoms with Gasteiger partial charge in [0.2, 0.25) is 10.0 Å². The average molecular weight is 426 g/mol. The summed E-state index contributed by atoms with van der Waals surface area (Å²) in [5, 5.41) is 13.4. The number of rotatable bonds is 8. The zero-order valence-electron chi connectivity index (χ0n) is 16.9. The van der Waals surface area contributed by atoms with Crippen molar-refractivity contribution in [3.63, 3.8) is 0 Å². The second-order valence-electron chi connectivity index (χ2n) is 6.33. The molecule has 0 atom stereocenters. The average Bonchev–Trinajstić information content (AvgIpc) is 3.25. The SMILES string of the molecule is CCOc1cc(CNC(=O)c2nnc(C(=O)Nc3ccc(C)cc3)s2)ccc1OC. The molecule has 0 radical (unpaired) electrons. The molecule has 0 unspecified atom stereocenters. The maximum absolute atomic E-state index is 12.4. The van der Waals surface area contributed by atoms with Gasteiger partial charge in [0.1, 0.15) is 0 Å². The summed E-state index contributed by atoms with van der Waals surface area (Å²) < 4.78 is 10.8. The van der Waals surface area contributed by atoms with Crippen LogP contribution in [-0.4, -0.2) is 35.7 Å². The third kappa shape index (κ3) is 5.32. The summed E-state index contributed by atoms with van der Waals surface area (Å²) in [5.41, 5.74) is 2.58. The number of hydrogen-bond acceptors (Lipinski definition) is 7. The van der Waals surface area contributed by atoms with Crippen molar-refractivity contribution in [1.29, 1.82) is 0 Å². The summed E-state index contributed by atoms with van der Waals surface area (Å²) in [7, 11) is 1.57. The lowest BCUT2D eigenvalue weighted by atomic mass is 10.2. The molecule has 0 bridgehead atoms. The molecule has 2 amide bonds. The fourth-order valence-electron chi connectivity index (χ4n) is 2.59. The Morgan fingerprint density at radius 2 is 1.70 bits per heavy atom. The molecule has 0 aliphatic carbocycles. The van der Waals surface area contributed by atoms with Crippen LogP contribution in [0.2, 0.25) is 0 Å². The van der Waals surface area contributed by atoms with Gasteiger partial charge in [0.05, 0.1) is 13.7 Å². The van der Waals surface area contributed by atoms with Gasteiger partial charge in [0.15, 0.2) is 11.5 Å².